The highest BCUT2D eigenvalue weighted by molar-refractivity contribution is 8.00. The van der Waals surface area contributed by atoms with Crippen molar-refractivity contribution < 1.29 is 13.2 Å². The molecule has 1 atom stereocenters. The van der Waals surface area contributed by atoms with Crippen LogP contribution in [0.1, 0.15) is 12.8 Å². The molecule has 0 spiro atoms. The largest absolute Gasteiger partial charge is 0.441 e. The number of hydrogen-bond donors (Lipinski definition) is 1. The smallest absolute Gasteiger partial charge is 0.315 e. The van der Waals surface area contributed by atoms with Crippen LogP contribution >= 0.6 is 11.8 Å². The molecular formula is C9H17F3N2S. The Morgan fingerprint density at radius 1 is 1.47 bits per heavy atom. The van der Waals surface area contributed by atoms with Crippen LogP contribution < -0.4 is 5.32 Å². The van der Waals surface area contributed by atoms with Crippen LogP contribution in [0.15, 0.2) is 0 Å². The van der Waals surface area contributed by atoms with Crippen molar-refractivity contribution in [2.45, 2.75) is 24.4 Å². The van der Waals surface area contributed by atoms with E-state index in [1.54, 1.807) is 0 Å². The Morgan fingerprint density at radius 2 is 2.20 bits per heavy atom. The number of alkyl halides is 3. The molecule has 1 N–H and O–H groups in total. The maximum Gasteiger partial charge on any atom is 0.441 e. The summed E-state index contributed by atoms with van der Waals surface area (Å²) in [6, 6.07) is 0.396. The van der Waals surface area contributed by atoms with Crippen LogP contribution in [-0.4, -0.2) is 48.9 Å². The van der Waals surface area contributed by atoms with E-state index in [0.29, 0.717) is 12.6 Å². The number of thioether (sulfide) groups is 1. The minimum absolute atomic E-state index is 0.0638. The van der Waals surface area contributed by atoms with Gasteiger partial charge in [0.05, 0.1) is 0 Å². The van der Waals surface area contributed by atoms with E-state index >= 15 is 0 Å². The van der Waals surface area contributed by atoms with Crippen LogP contribution in [0, 0.1) is 0 Å². The van der Waals surface area contributed by atoms with Crippen molar-refractivity contribution in [3.05, 3.63) is 0 Å². The summed E-state index contributed by atoms with van der Waals surface area (Å²) < 4.78 is 35.6. The van der Waals surface area contributed by atoms with Gasteiger partial charge in [-0.25, -0.2) is 0 Å². The van der Waals surface area contributed by atoms with Crippen LogP contribution in [0.3, 0.4) is 0 Å². The molecule has 0 aromatic rings. The van der Waals surface area contributed by atoms with Crippen molar-refractivity contribution in [1.29, 1.82) is 0 Å². The Balaban J connectivity index is 2.14. The lowest BCUT2D eigenvalue weighted by Gasteiger charge is -2.31. The van der Waals surface area contributed by atoms with Gasteiger partial charge in [0, 0.05) is 24.9 Å². The third kappa shape index (κ3) is 5.63. The van der Waals surface area contributed by atoms with Crippen molar-refractivity contribution in [1.82, 2.24) is 10.2 Å². The molecule has 0 aromatic carbocycles. The second-order valence-corrected chi connectivity index (χ2v) is 4.93. The summed E-state index contributed by atoms with van der Waals surface area (Å²) in [6.45, 7) is 2.42. The highest BCUT2D eigenvalue weighted by atomic mass is 32.2. The molecule has 0 bridgehead atoms. The van der Waals surface area contributed by atoms with E-state index in [2.05, 4.69) is 5.32 Å². The zero-order valence-electron chi connectivity index (χ0n) is 8.81. The average molecular weight is 242 g/mol. The fourth-order valence-corrected chi connectivity index (χ4v) is 2.31. The van der Waals surface area contributed by atoms with Crippen LogP contribution in [0.5, 0.6) is 0 Å². The number of piperidine rings is 1. The van der Waals surface area contributed by atoms with Crippen LogP contribution in [-0.2, 0) is 0 Å². The highest BCUT2D eigenvalue weighted by Crippen LogP contribution is 2.29. The number of halogens is 3. The van der Waals surface area contributed by atoms with Gasteiger partial charge in [0.15, 0.2) is 0 Å². The molecule has 0 saturated carbocycles. The minimum Gasteiger partial charge on any atom is -0.315 e. The Morgan fingerprint density at radius 3 is 2.73 bits per heavy atom. The number of rotatable bonds is 4. The molecule has 1 aliphatic heterocycles. The molecule has 90 valence electrons. The summed E-state index contributed by atoms with van der Waals surface area (Å²) in [5.41, 5.74) is -4.09. The standard InChI is InChI=1S/C9H17F3N2S/c1-14(5-6-15-9(10,11)12)8-3-2-4-13-7-8/h8,13H,2-7H2,1H3. The number of nitrogens with one attached hydrogen (secondary N) is 1. The Bertz CT molecular complexity index is 181. The Hall–Kier alpha value is 0.0600. The third-order valence-electron chi connectivity index (χ3n) is 2.60. The van der Waals surface area contributed by atoms with Gasteiger partial charge in [0.25, 0.3) is 0 Å². The summed E-state index contributed by atoms with van der Waals surface area (Å²) in [6.07, 6.45) is 2.20. The van der Waals surface area contributed by atoms with Gasteiger partial charge in [0.1, 0.15) is 0 Å². The van der Waals surface area contributed by atoms with Crippen LogP contribution in [0.2, 0.25) is 0 Å². The van der Waals surface area contributed by atoms with Crippen molar-refractivity contribution in [3.8, 4) is 0 Å². The van der Waals surface area contributed by atoms with E-state index < -0.39 is 5.51 Å². The first-order valence-corrected chi connectivity index (χ1v) is 6.09. The van der Waals surface area contributed by atoms with Crippen molar-refractivity contribution in [2.75, 3.05) is 32.4 Å². The van der Waals surface area contributed by atoms with Gasteiger partial charge in [-0.05, 0) is 38.2 Å². The third-order valence-corrected chi connectivity index (χ3v) is 3.32. The molecule has 1 rings (SSSR count). The SMILES string of the molecule is CN(CCSC(F)(F)F)C1CCCNC1. The molecule has 0 radical (unpaired) electrons. The maximum atomic E-state index is 11.9. The summed E-state index contributed by atoms with van der Waals surface area (Å²) >= 11 is 0.0638. The van der Waals surface area contributed by atoms with E-state index in [4.69, 9.17) is 0 Å². The van der Waals surface area contributed by atoms with E-state index in [-0.39, 0.29) is 17.5 Å². The first-order valence-electron chi connectivity index (χ1n) is 5.10. The van der Waals surface area contributed by atoms with Gasteiger partial charge in [-0.15, -0.1) is 0 Å². The zero-order chi connectivity index (χ0) is 11.3. The Kier molecular flexibility index (Phi) is 5.22. The lowest BCUT2D eigenvalue weighted by Crippen LogP contribution is -2.44. The quantitative estimate of drug-likeness (QED) is 0.811. The molecule has 6 heteroatoms. The molecule has 0 aromatic heterocycles. The molecule has 1 aliphatic rings. The first-order chi connectivity index (χ1) is 6.99. The van der Waals surface area contributed by atoms with Crippen molar-refractivity contribution in [3.63, 3.8) is 0 Å². The predicted octanol–water partition coefficient (Wildman–Crippen LogP) is 1.92. The summed E-state index contributed by atoms with van der Waals surface area (Å²) in [4.78, 5) is 2.02. The molecule has 0 aliphatic carbocycles. The van der Waals surface area contributed by atoms with Gasteiger partial charge in [-0.2, -0.15) is 13.2 Å². The van der Waals surface area contributed by atoms with Crippen LogP contribution in [0.25, 0.3) is 0 Å². The van der Waals surface area contributed by atoms with E-state index in [9.17, 15) is 13.2 Å². The summed E-state index contributed by atoms with van der Waals surface area (Å²) in [7, 11) is 1.90. The van der Waals surface area contributed by atoms with Crippen LogP contribution in [0.4, 0.5) is 13.2 Å². The van der Waals surface area contributed by atoms with E-state index in [1.807, 2.05) is 11.9 Å². The molecule has 1 saturated heterocycles. The van der Waals surface area contributed by atoms with Gasteiger partial charge >= 0.3 is 5.51 Å². The number of hydrogen-bond acceptors (Lipinski definition) is 3. The lowest BCUT2D eigenvalue weighted by molar-refractivity contribution is -0.0329. The maximum absolute atomic E-state index is 11.9. The Labute approximate surface area is 92.6 Å². The average Bonchev–Trinajstić information content (AvgIpc) is 2.17. The number of likely N-dealkylation sites (N-methyl/N-ethyl adjacent to an activating group) is 1. The zero-order valence-corrected chi connectivity index (χ0v) is 9.63. The molecule has 0 amide bonds. The van der Waals surface area contributed by atoms with E-state index in [1.165, 1.54) is 0 Å². The second kappa shape index (κ2) is 5.96. The van der Waals surface area contributed by atoms with Gasteiger partial charge < -0.3 is 10.2 Å². The van der Waals surface area contributed by atoms with Crippen molar-refractivity contribution in [2.24, 2.45) is 0 Å². The topological polar surface area (TPSA) is 15.3 Å². The normalized spacial score (nSPS) is 23.4. The molecule has 1 fully saturated rings. The highest BCUT2D eigenvalue weighted by Gasteiger charge is 2.28. The van der Waals surface area contributed by atoms with E-state index in [0.717, 1.165) is 25.9 Å². The van der Waals surface area contributed by atoms with Gasteiger partial charge in [-0.1, -0.05) is 0 Å². The first kappa shape index (κ1) is 13.1. The molecular weight excluding hydrogens is 225 g/mol. The predicted molar refractivity (Wildman–Crippen MR) is 57.0 cm³/mol. The van der Waals surface area contributed by atoms with Gasteiger partial charge in [-0.3, -0.25) is 0 Å². The fourth-order valence-electron chi connectivity index (χ4n) is 1.70. The van der Waals surface area contributed by atoms with Gasteiger partial charge in [0.2, 0.25) is 0 Å². The summed E-state index contributed by atoms with van der Waals surface area (Å²) in [5.74, 6) is 0.122. The second-order valence-electron chi connectivity index (χ2n) is 3.77. The molecule has 1 unspecified atom stereocenters. The molecule has 15 heavy (non-hydrogen) atoms. The van der Waals surface area contributed by atoms with Crippen molar-refractivity contribution >= 4 is 11.8 Å². The monoisotopic (exact) mass is 242 g/mol. The number of nitrogens with zero attached hydrogens (tertiary/aromatic N) is 1. The summed E-state index contributed by atoms with van der Waals surface area (Å²) in [5, 5.41) is 3.25. The fraction of sp³-hybridized carbons (Fsp3) is 1.00. The lowest BCUT2D eigenvalue weighted by atomic mass is 10.1. The molecule has 2 nitrogen and oxygen atoms in total. The minimum atomic E-state index is -4.09. The molecule has 1 heterocycles.